The lowest BCUT2D eigenvalue weighted by molar-refractivity contribution is -0.0151. The summed E-state index contributed by atoms with van der Waals surface area (Å²) in [4.78, 5) is 0. The van der Waals surface area contributed by atoms with Gasteiger partial charge in [0.15, 0.2) is 0 Å². The van der Waals surface area contributed by atoms with Gasteiger partial charge in [0.2, 0.25) is 9.05 Å². The van der Waals surface area contributed by atoms with Gasteiger partial charge in [-0.1, -0.05) is 13.3 Å². The molecule has 15 heavy (non-hydrogen) atoms. The lowest BCUT2D eigenvalue weighted by Crippen LogP contribution is -2.29. The molecular formula is C10H19ClO3S. The van der Waals surface area contributed by atoms with E-state index in [2.05, 4.69) is 6.92 Å². The van der Waals surface area contributed by atoms with Crippen LogP contribution in [0.15, 0.2) is 0 Å². The first kappa shape index (κ1) is 13.3. The van der Waals surface area contributed by atoms with Crippen LogP contribution in [-0.4, -0.2) is 26.9 Å². The first-order valence-corrected chi connectivity index (χ1v) is 8.04. The minimum absolute atomic E-state index is 0.00958. The van der Waals surface area contributed by atoms with E-state index in [1.807, 2.05) is 0 Å². The van der Waals surface area contributed by atoms with Gasteiger partial charge in [0, 0.05) is 17.3 Å². The summed E-state index contributed by atoms with van der Waals surface area (Å²) in [6.07, 6.45) is 5.64. The molecule has 0 aliphatic heterocycles. The molecule has 0 heterocycles. The number of halogens is 1. The zero-order chi connectivity index (χ0) is 11.3. The van der Waals surface area contributed by atoms with Crippen LogP contribution in [0.5, 0.6) is 0 Å². The minimum Gasteiger partial charge on any atom is -0.378 e. The molecule has 5 heteroatoms. The van der Waals surface area contributed by atoms with Gasteiger partial charge in [-0.25, -0.2) is 8.42 Å². The molecule has 1 fully saturated rings. The third-order valence-electron chi connectivity index (χ3n) is 2.94. The molecule has 0 aromatic carbocycles. The third kappa shape index (κ3) is 5.18. The maximum absolute atomic E-state index is 10.7. The Hall–Kier alpha value is 0.200. The summed E-state index contributed by atoms with van der Waals surface area (Å²) in [5.74, 6) is 0.706. The van der Waals surface area contributed by atoms with Crippen molar-refractivity contribution in [2.45, 2.75) is 45.1 Å². The highest BCUT2D eigenvalue weighted by Gasteiger charge is 2.26. The smallest absolute Gasteiger partial charge is 0.232 e. The largest absolute Gasteiger partial charge is 0.378 e. The van der Waals surface area contributed by atoms with Crippen LogP contribution < -0.4 is 0 Å². The number of rotatable bonds is 7. The SMILES string of the molecule is CCC(OCCCS(=O)(=O)Cl)C1CCC1. The summed E-state index contributed by atoms with van der Waals surface area (Å²) in [6.45, 7) is 2.61. The molecule has 1 aliphatic carbocycles. The van der Waals surface area contributed by atoms with Gasteiger partial charge in [0.25, 0.3) is 0 Å². The maximum Gasteiger partial charge on any atom is 0.232 e. The van der Waals surface area contributed by atoms with Gasteiger partial charge in [-0.15, -0.1) is 0 Å². The van der Waals surface area contributed by atoms with Crippen LogP contribution >= 0.6 is 10.7 Å². The third-order valence-corrected chi connectivity index (χ3v) is 4.18. The minimum atomic E-state index is -3.35. The highest BCUT2D eigenvalue weighted by atomic mass is 35.7. The second-order valence-electron chi connectivity index (χ2n) is 4.10. The van der Waals surface area contributed by atoms with Crippen LogP contribution in [0.4, 0.5) is 0 Å². The monoisotopic (exact) mass is 254 g/mol. The fourth-order valence-corrected chi connectivity index (χ4v) is 2.65. The van der Waals surface area contributed by atoms with Crippen molar-refractivity contribution in [1.29, 1.82) is 0 Å². The molecule has 0 saturated heterocycles. The van der Waals surface area contributed by atoms with Gasteiger partial charge >= 0.3 is 0 Å². The zero-order valence-electron chi connectivity index (χ0n) is 9.12. The number of ether oxygens (including phenoxy) is 1. The van der Waals surface area contributed by atoms with Gasteiger partial charge < -0.3 is 4.74 Å². The predicted octanol–water partition coefficient (Wildman–Crippen LogP) is 2.54. The van der Waals surface area contributed by atoms with Crippen LogP contribution in [0.1, 0.15) is 39.0 Å². The molecule has 90 valence electrons. The molecule has 0 aromatic heterocycles. The first-order chi connectivity index (χ1) is 7.03. The van der Waals surface area contributed by atoms with Crippen molar-refractivity contribution in [2.24, 2.45) is 5.92 Å². The van der Waals surface area contributed by atoms with Crippen LogP contribution in [0.2, 0.25) is 0 Å². The van der Waals surface area contributed by atoms with E-state index in [-0.39, 0.29) is 5.75 Å². The van der Waals surface area contributed by atoms with Crippen molar-refractivity contribution >= 4 is 19.7 Å². The second kappa shape index (κ2) is 6.06. The van der Waals surface area contributed by atoms with E-state index < -0.39 is 9.05 Å². The summed E-state index contributed by atoms with van der Waals surface area (Å²) in [7, 11) is 1.75. The predicted molar refractivity (Wildman–Crippen MR) is 61.6 cm³/mol. The molecule has 3 nitrogen and oxygen atoms in total. The topological polar surface area (TPSA) is 43.4 Å². The van der Waals surface area contributed by atoms with Gasteiger partial charge in [0.1, 0.15) is 0 Å². The summed E-state index contributed by atoms with van der Waals surface area (Å²) in [5, 5.41) is 0. The van der Waals surface area contributed by atoms with Gasteiger partial charge in [-0.3, -0.25) is 0 Å². The summed E-state index contributed by atoms with van der Waals surface area (Å²) in [5.41, 5.74) is 0. The van der Waals surface area contributed by atoms with Gasteiger partial charge in [-0.05, 0) is 31.6 Å². The first-order valence-electron chi connectivity index (χ1n) is 5.57. The van der Waals surface area contributed by atoms with E-state index >= 15 is 0 Å². The molecule has 1 unspecified atom stereocenters. The second-order valence-corrected chi connectivity index (χ2v) is 7.00. The molecule has 0 amide bonds. The Bertz CT molecular complexity index is 272. The van der Waals surface area contributed by atoms with Crippen LogP contribution in [-0.2, 0) is 13.8 Å². The Labute approximate surface area is 96.6 Å². The Morgan fingerprint density at radius 1 is 1.47 bits per heavy atom. The Balaban J connectivity index is 2.12. The Morgan fingerprint density at radius 3 is 2.53 bits per heavy atom. The summed E-state index contributed by atoms with van der Waals surface area (Å²) < 4.78 is 27.0. The molecule has 0 spiro atoms. The standard InChI is InChI=1S/C10H19ClO3S/c1-2-10(9-5-3-6-9)14-7-4-8-15(11,12)13/h9-10H,2-8H2,1H3. The van der Waals surface area contributed by atoms with Crippen LogP contribution in [0.25, 0.3) is 0 Å². The Kier molecular flexibility index (Phi) is 5.36. The zero-order valence-corrected chi connectivity index (χ0v) is 10.7. The van der Waals surface area contributed by atoms with Crippen molar-refractivity contribution < 1.29 is 13.2 Å². The average molecular weight is 255 g/mol. The number of hydrogen-bond acceptors (Lipinski definition) is 3. The van der Waals surface area contributed by atoms with Crippen molar-refractivity contribution in [2.75, 3.05) is 12.4 Å². The normalized spacial score (nSPS) is 19.9. The van der Waals surface area contributed by atoms with E-state index in [1.165, 1.54) is 19.3 Å². The van der Waals surface area contributed by atoms with Gasteiger partial charge in [0.05, 0.1) is 11.9 Å². The highest BCUT2D eigenvalue weighted by Crippen LogP contribution is 2.32. The van der Waals surface area contributed by atoms with E-state index in [0.29, 0.717) is 25.0 Å². The van der Waals surface area contributed by atoms with Crippen molar-refractivity contribution in [3.8, 4) is 0 Å². The molecule has 0 bridgehead atoms. The molecule has 0 aromatic rings. The molecule has 0 radical (unpaired) electrons. The van der Waals surface area contributed by atoms with Crippen molar-refractivity contribution in [1.82, 2.24) is 0 Å². The fraction of sp³-hybridized carbons (Fsp3) is 1.00. The van der Waals surface area contributed by atoms with E-state index in [4.69, 9.17) is 15.4 Å². The Morgan fingerprint density at radius 2 is 2.13 bits per heavy atom. The quantitative estimate of drug-likeness (QED) is 0.518. The van der Waals surface area contributed by atoms with E-state index in [9.17, 15) is 8.42 Å². The van der Waals surface area contributed by atoms with Crippen LogP contribution in [0, 0.1) is 5.92 Å². The van der Waals surface area contributed by atoms with Gasteiger partial charge in [-0.2, -0.15) is 0 Å². The maximum atomic E-state index is 10.7. The molecule has 0 N–H and O–H groups in total. The highest BCUT2D eigenvalue weighted by molar-refractivity contribution is 8.13. The van der Waals surface area contributed by atoms with E-state index in [1.54, 1.807) is 0 Å². The fourth-order valence-electron chi connectivity index (χ4n) is 1.86. The molecule has 1 saturated carbocycles. The van der Waals surface area contributed by atoms with Crippen molar-refractivity contribution in [3.63, 3.8) is 0 Å². The molecule has 1 atom stereocenters. The summed E-state index contributed by atoms with van der Waals surface area (Å²) >= 11 is 0. The molecular weight excluding hydrogens is 236 g/mol. The van der Waals surface area contributed by atoms with Crippen LogP contribution in [0.3, 0.4) is 0 Å². The molecule has 1 rings (SSSR count). The summed E-state index contributed by atoms with van der Waals surface area (Å²) in [6, 6.07) is 0. The molecule has 1 aliphatic rings. The number of hydrogen-bond donors (Lipinski definition) is 0. The average Bonchev–Trinajstić information content (AvgIpc) is 2.05. The lowest BCUT2D eigenvalue weighted by atomic mass is 9.80. The lowest BCUT2D eigenvalue weighted by Gasteiger charge is -2.33. The van der Waals surface area contributed by atoms with Crippen molar-refractivity contribution in [3.05, 3.63) is 0 Å². The van der Waals surface area contributed by atoms with E-state index in [0.717, 1.165) is 6.42 Å².